The van der Waals surface area contributed by atoms with E-state index < -0.39 is 0 Å². The van der Waals surface area contributed by atoms with Crippen molar-refractivity contribution >= 4 is 21.8 Å². The van der Waals surface area contributed by atoms with Gasteiger partial charge in [-0.25, -0.2) is 0 Å². The maximum atomic E-state index is 11.0. The van der Waals surface area contributed by atoms with Gasteiger partial charge in [0.2, 0.25) is 5.91 Å². The number of carbonyl (C=O) groups excluding carboxylic acids is 1. The van der Waals surface area contributed by atoms with Gasteiger partial charge in [-0.2, -0.15) is 0 Å². The summed E-state index contributed by atoms with van der Waals surface area (Å²) in [6.45, 7) is 0.820. The summed E-state index contributed by atoms with van der Waals surface area (Å²) in [6.07, 6.45) is 2.73. The molecule has 3 heteroatoms. The molecule has 1 aliphatic heterocycles. The van der Waals surface area contributed by atoms with Crippen molar-refractivity contribution in [1.82, 2.24) is 5.32 Å². The van der Waals surface area contributed by atoms with E-state index in [9.17, 15) is 4.79 Å². The number of amides is 1. The molecule has 1 unspecified atom stereocenters. The van der Waals surface area contributed by atoms with Crippen LogP contribution in [0.25, 0.3) is 0 Å². The molecule has 1 aromatic rings. The van der Waals surface area contributed by atoms with Gasteiger partial charge in [-0.15, -0.1) is 0 Å². The van der Waals surface area contributed by atoms with Crippen LogP contribution < -0.4 is 5.32 Å². The van der Waals surface area contributed by atoms with Crippen molar-refractivity contribution in [3.63, 3.8) is 0 Å². The van der Waals surface area contributed by atoms with Gasteiger partial charge in [0.15, 0.2) is 0 Å². The number of rotatable bonds is 2. The number of piperidine rings is 1. The van der Waals surface area contributed by atoms with Crippen LogP contribution in [0.1, 0.15) is 18.4 Å². The molecule has 0 spiro atoms. The number of hydrogen-bond acceptors (Lipinski definition) is 1. The number of hydrogen-bond donors (Lipinski definition) is 1. The first kappa shape index (κ1) is 10.7. The second kappa shape index (κ2) is 4.79. The molecular weight excluding hydrogens is 254 g/mol. The van der Waals surface area contributed by atoms with Gasteiger partial charge in [0, 0.05) is 17.4 Å². The highest BCUT2D eigenvalue weighted by Gasteiger charge is 2.18. The van der Waals surface area contributed by atoms with Crippen LogP contribution in [0.3, 0.4) is 0 Å². The Morgan fingerprint density at radius 2 is 2.20 bits per heavy atom. The average Bonchev–Trinajstić information content (AvgIpc) is 2.25. The molecule has 0 saturated carbocycles. The van der Waals surface area contributed by atoms with Crippen molar-refractivity contribution in [2.75, 3.05) is 6.54 Å². The molecule has 15 heavy (non-hydrogen) atoms. The smallest absolute Gasteiger partial charge is 0.220 e. The normalized spacial score (nSPS) is 21.1. The molecule has 0 bridgehead atoms. The molecule has 1 N–H and O–H groups in total. The Morgan fingerprint density at radius 3 is 2.87 bits per heavy atom. The fourth-order valence-corrected chi connectivity index (χ4v) is 2.38. The van der Waals surface area contributed by atoms with Crippen LogP contribution in [0.15, 0.2) is 28.7 Å². The monoisotopic (exact) mass is 267 g/mol. The molecule has 1 aliphatic rings. The maximum absolute atomic E-state index is 11.0. The van der Waals surface area contributed by atoms with Gasteiger partial charge in [0.25, 0.3) is 0 Å². The largest absolute Gasteiger partial charge is 0.356 e. The van der Waals surface area contributed by atoms with Gasteiger partial charge in [0.1, 0.15) is 0 Å². The lowest BCUT2D eigenvalue weighted by atomic mass is 9.92. The molecule has 1 atom stereocenters. The molecule has 1 heterocycles. The predicted octanol–water partition coefficient (Wildman–Crippen LogP) is 2.52. The van der Waals surface area contributed by atoms with Crippen LogP contribution in [0.5, 0.6) is 0 Å². The second-order valence-electron chi connectivity index (χ2n) is 4.00. The standard InChI is InChI=1S/C12H14BrNO/c13-11-4-2-1-3-10(11)7-9-5-6-12(15)14-8-9/h1-4,9H,5-8H2,(H,14,15). The maximum Gasteiger partial charge on any atom is 0.220 e. The summed E-state index contributed by atoms with van der Waals surface area (Å²) in [6, 6.07) is 8.29. The third-order valence-electron chi connectivity index (χ3n) is 2.83. The zero-order valence-electron chi connectivity index (χ0n) is 8.50. The number of carbonyl (C=O) groups is 1. The fraction of sp³-hybridized carbons (Fsp3) is 0.417. The van der Waals surface area contributed by atoms with E-state index in [1.807, 2.05) is 6.07 Å². The Hall–Kier alpha value is -0.830. The van der Waals surface area contributed by atoms with Crippen LogP contribution in [-0.2, 0) is 11.2 Å². The van der Waals surface area contributed by atoms with Gasteiger partial charge in [0.05, 0.1) is 0 Å². The summed E-state index contributed by atoms with van der Waals surface area (Å²) in [5.41, 5.74) is 1.33. The molecule has 1 saturated heterocycles. The van der Waals surface area contributed by atoms with Crippen molar-refractivity contribution < 1.29 is 4.79 Å². The van der Waals surface area contributed by atoms with Crippen molar-refractivity contribution in [3.8, 4) is 0 Å². The van der Waals surface area contributed by atoms with Crippen molar-refractivity contribution in [2.24, 2.45) is 5.92 Å². The Kier molecular flexibility index (Phi) is 3.41. The molecule has 1 amide bonds. The van der Waals surface area contributed by atoms with Crippen LogP contribution in [-0.4, -0.2) is 12.5 Å². The topological polar surface area (TPSA) is 29.1 Å². The number of benzene rings is 1. The van der Waals surface area contributed by atoms with Crippen LogP contribution in [0, 0.1) is 5.92 Å². The van der Waals surface area contributed by atoms with Gasteiger partial charge < -0.3 is 5.32 Å². The lowest BCUT2D eigenvalue weighted by Crippen LogP contribution is -2.35. The van der Waals surface area contributed by atoms with E-state index in [1.54, 1.807) is 0 Å². The minimum Gasteiger partial charge on any atom is -0.356 e. The summed E-state index contributed by atoms with van der Waals surface area (Å²) in [4.78, 5) is 11.0. The summed E-state index contributed by atoms with van der Waals surface area (Å²) in [5.74, 6) is 0.778. The van der Waals surface area contributed by atoms with E-state index in [0.29, 0.717) is 12.3 Å². The first-order valence-corrected chi connectivity index (χ1v) is 6.05. The Balaban J connectivity index is 1.97. The van der Waals surface area contributed by atoms with E-state index in [-0.39, 0.29) is 5.91 Å². The van der Waals surface area contributed by atoms with E-state index in [4.69, 9.17) is 0 Å². The highest BCUT2D eigenvalue weighted by molar-refractivity contribution is 9.10. The number of halogens is 1. The summed E-state index contributed by atoms with van der Waals surface area (Å²) < 4.78 is 1.17. The molecule has 0 radical (unpaired) electrons. The average molecular weight is 268 g/mol. The third kappa shape index (κ3) is 2.81. The first-order valence-electron chi connectivity index (χ1n) is 5.26. The van der Waals surface area contributed by atoms with Crippen LogP contribution >= 0.6 is 15.9 Å². The zero-order chi connectivity index (χ0) is 10.7. The molecule has 80 valence electrons. The Morgan fingerprint density at radius 1 is 1.40 bits per heavy atom. The van der Waals surface area contributed by atoms with E-state index in [0.717, 1.165) is 19.4 Å². The highest BCUT2D eigenvalue weighted by atomic mass is 79.9. The van der Waals surface area contributed by atoms with Gasteiger partial charge >= 0.3 is 0 Å². The second-order valence-corrected chi connectivity index (χ2v) is 4.86. The molecular formula is C12H14BrNO. The van der Waals surface area contributed by atoms with Gasteiger partial charge in [-0.3, -0.25) is 4.79 Å². The van der Waals surface area contributed by atoms with Crippen molar-refractivity contribution in [2.45, 2.75) is 19.3 Å². The summed E-state index contributed by atoms with van der Waals surface area (Å²) in [5, 5.41) is 2.92. The molecule has 1 aromatic carbocycles. The zero-order valence-corrected chi connectivity index (χ0v) is 10.1. The van der Waals surface area contributed by atoms with E-state index in [2.05, 4.69) is 39.4 Å². The molecule has 0 aromatic heterocycles. The highest BCUT2D eigenvalue weighted by Crippen LogP contribution is 2.22. The SMILES string of the molecule is O=C1CCC(Cc2ccccc2Br)CN1. The van der Waals surface area contributed by atoms with Crippen LogP contribution in [0.4, 0.5) is 0 Å². The van der Waals surface area contributed by atoms with Crippen LogP contribution in [0.2, 0.25) is 0 Å². The fourth-order valence-electron chi connectivity index (χ4n) is 1.93. The Bertz CT molecular complexity index is 354. The minimum absolute atomic E-state index is 0.193. The van der Waals surface area contributed by atoms with E-state index in [1.165, 1.54) is 10.0 Å². The van der Waals surface area contributed by atoms with Crippen molar-refractivity contribution in [3.05, 3.63) is 34.3 Å². The molecule has 0 aliphatic carbocycles. The lowest BCUT2D eigenvalue weighted by molar-refractivity contribution is -0.122. The van der Waals surface area contributed by atoms with Gasteiger partial charge in [-0.1, -0.05) is 34.1 Å². The first-order chi connectivity index (χ1) is 7.25. The summed E-state index contributed by atoms with van der Waals surface area (Å²) in [7, 11) is 0. The van der Waals surface area contributed by atoms with E-state index >= 15 is 0 Å². The quantitative estimate of drug-likeness (QED) is 0.877. The molecule has 1 fully saturated rings. The van der Waals surface area contributed by atoms with Crippen molar-refractivity contribution in [1.29, 1.82) is 0 Å². The van der Waals surface area contributed by atoms with Gasteiger partial charge in [-0.05, 0) is 30.4 Å². The third-order valence-corrected chi connectivity index (χ3v) is 3.61. The number of nitrogens with one attached hydrogen (secondary N) is 1. The minimum atomic E-state index is 0.193. The lowest BCUT2D eigenvalue weighted by Gasteiger charge is -2.22. The Labute approximate surface area is 98.2 Å². The predicted molar refractivity (Wildman–Crippen MR) is 63.6 cm³/mol. The molecule has 2 nitrogen and oxygen atoms in total. The summed E-state index contributed by atoms with van der Waals surface area (Å²) >= 11 is 3.55. The molecule has 2 rings (SSSR count).